The van der Waals surface area contributed by atoms with Crippen molar-refractivity contribution in [3.63, 3.8) is 0 Å². The Hall–Kier alpha value is -0.830. The molecule has 4 N–H and O–H groups in total. The van der Waals surface area contributed by atoms with E-state index in [2.05, 4.69) is 13.0 Å². The van der Waals surface area contributed by atoms with Crippen LogP contribution in [0.15, 0.2) is 11.6 Å². The minimum Gasteiger partial charge on any atom is -0.369 e. The maximum atomic E-state index is 11.8. The molecular formula is C19H30N2O. The van der Waals surface area contributed by atoms with Crippen LogP contribution in [0, 0.1) is 29.1 Å². The van der Waals surface area contributed by atoms with Gasteiger partial charge in [0, 0.05) is 5.54 Å². The van der Waals surface area contributed by atoms with Crippen molar-refractivity contribution in [2.75, 3.05) is 0 Å². The second-order valence-electron chi connectivity index (χ2n) is 8.64. The third kappa shape index (κ3) is 1.81. The molecule has 4 rings (SSSR count). The molecule has 3 nitrogen and oxygen atoms in total. The SMILES string of the molecule is C[C@]12CCCC=C1CC[C@H]1[C@@H]3CC[C@H](C(N)=O)[C@@]3(N)CC[C@@H]12. The van der Waals surface area contributed by atoms with Crippen LogP contribution in [-0.2, 0) is 4.79 Å². The molecule has 0 heterocycles. The Morgan fingerprint density at radius 2 is 2.00 bits per heavy atom. The maximum Gasteiger partial charge on any atom is 0.222 e. The summed E-state index contributed by atoms with van der Waals surface area (Å²) in [6.45, 7) is 2.51. The second kappa shape index (κ2) is 4.83. The van der Waals surface area contributed by atoms with Gasteiger partial charge in [-0.05, 0) is 81.0 Å². The summed E-state index contributed by atoms with van der Waals surface area (Å²) in [6.07, 6.45) is 13.2. The average Bonchev–Trinajstić information content (AvgIpc) is 2.84. The number of hydrogen-bond acceptors (Lipinski definition) is 2. The van der Waals surface area contributed by atoms with Crippen LogP contribution in [0.2, 0.25) is 0 Å². The van der Waals surface area contributed by atoms with E-state index in [0.29, 0.717) is 17.3 Å². The van der Waals surface area contributed by atoms with Crippen molar-refractivity contribution < 1.29 is 4.79 Å². The zero-order chi connectivity index (χ0) is 15.5. The largest absolute Gasteiger partial charge is 0.369 e. The minimum atomic E-state index is -0.306. The molecular weight excluding hydrogens is 272 g/mol. The molecule has 4 aliphatic carbocycles. The van der Waals surface area contributed by atoms with Gasteiger partial charge in [-0.1, -0.05) is 18.6 Å². The Bertz CT molecular complexity index is 528. The molecule has 3 heteroatoms. The Morgan fingerprint density at radius 3 is 2.77 bits per heavy atom. The summed E-state index contributed by atoms with van der Waals surface area (Å²) in [6, 6.07) is 0. The monoisotopic (exact) mass is 302 g/mol. The predicted octanol–water partition coefficient (Wildman–Crippen LogP) is 3.13. The highest BCUT2D eigenvalue weighted by Crippen LogP contribution is 2.63. The summed E-state index contributed by atoms with van der Waals surface area (Å²) in [5, 5.41) is 0. The van der Waals surface area contributed by atoms with Gasteiger partial charge in [-0.2, -0.15) is 0 Å². The molecule has 6 atom stereocenters. The van der Waals surface area contributed by atoms with Crippen LogP contribution in [0.25, 0.3) is 0 Å². The summed E-state index contributed by atoms with van der Waals surface area (Å²) < 4.78 is 0. The van der Waals surface area contributed by atoms with E-state index < -0.39 is 0 Å². The van der Waals surface area contributed by atoms with E-state index in [-0.39, 0.29) is 17.4 Å². The van der Waals surface area contributed by atoms with Crippen LogP contribution in [-0.4, -0.2) is 11.4 Å². The van der Waals surface area contributed by atoms with Crippen molar-refractivity contribution in [2.24, 2.45) is 40.6 Å². The molecule has 0 unspecified atom stereocenters. The van der Waals surface area contributed by atoms with E-state index in [1.807, 2.05) is 0 Å². The van der Waals surface area contributed by atoms with E-state index in [1.54, 1.807) is 5.57 Å². The van der Waals surface area contributed by atoms with Gasteiger partial charge in [-0.15, -0.1) is 0 Å². The third-order valence-corrected chi connectivity index (χ3v) is 7.96. The van der Waals surface area contributed by atoms with E-state index >= 15 is 0 Å². The zero-order valence-corrected chi connectivity index (χ0v) is 13.8. The van der Waals surface area contributed by atoms with Crippen LogP contribution >= 0.6 is 0 Å². The molecule has 3 fully saturated rings. The van der Waals surface area contributed by atoms with E-state index in [4.69, 9.17) is 11.5 Å². The highest BCUT2D eigenvalue weighted by molar-refractivity contribution is 5.78. The molecule has 1 amide bonds. The third-order valence-electron chi connectivity index (χ3n) is 7.96. The van der Waals surface area contributed by atoms with Crippen LogP contribution in [0.3, 0.4) is 0 Å². The van der Waals surface area contributed by atoms with Gasteiger partial charge in [0.15, 0.2) is 0 Å². The van der Waals surface area contributed by atoms with Crippen molar-refractivity contribution in [1.29, 1.82) is 0 Å². The Kier molecular flexibility index (Phi) is 3.24. The van der Waals surface area contributed by atoms with Gasteiger partial charge in [0.05, 0.1) is 5.92 Å². The fourth-order valence-electron chi connectivity index (χ4n) is 6.89. The lowest BCUT2D eigenvalue weighted by molar-refractivity contribution is -0.125. The quantitative estimate of drug-likeness (QED) is 0.731. The lowest BCUT2D eigenvalue weighted by atomic mass is 9.48. The number of hydrogen-bond donors (Lipinski definition) is 2. The molecule has 0 aromatic carbocycles. The van der Waals surface area contributed by atoms with Gasteiger partial charge >= 0.3 is 0 Å². The van der Waals surface area contributed by atoms with Crippen LogP contribution in [0.4, 0.5) is 0 Å². The topological polar surface area (TPSA) is 69.1 Å². The number of amides is 1. The van der Waals surface area contributed by atoms with Crippen molar-refractivity contribution in [1.82, 2.24) is 0 Å². The summed E-state index contributed by atoms with van der Waals surface area (Å²) >= 11 is 0. The first-order chi connectivity index (χ1) is 10.5. The van der Waals surface area contributed by atoms with Gasteiger partial charge in [0.2, 0.25) is 5.91 Å². The van der Waals surface area contributed by atoms with Crippen LogP contribution in [0.5, 0.6) is 0 Å². The summed E-state index contributed by atoms with van der Waals surface area (Å²) in [5.74, 6) is 1.76. The summed E-state index contributed by atoms with van der Waals surface area (Å²) in [4.78, 5) is 11.8. The lowest BCUT2D eigenvalue weighted by Crippen LogP contribution is -2.60. The molecule has 3 saturated carbocycles. The minimum absolute atomic E-state index is 0.0884. The number of allylic oxidation sites excluding steroid dienone is 2. The van der Waals surface area contributed by atoms with Crippen molar-refractivity contribution in [3.8, 4) is 0 Å². The summed E-state index contributed by atoms with van der Waals surface area (Å²) in [5.41, 5.74) is 14.3. The van der Waals surface area contributed by atoms with E-state index in [9.17, 15) is 4.79 Å². The number of carbonyl (C=O) groups is 1. The molecule has 0 aliphatic heterocycles. The molecule has 0 radical (unpaired) electrons. The predicted molar refractivity (Wildman–Crippen MR) is 87.8 cm³/mol. The maximum absolute atomic E-state index is 11.8. The molecule has 0 spiro atoms. The van der Waals surface area contributed by atoms with Gasteiger partial charge < -0.3 is 11.5 Å². The smallest absolute Gasteiger partial charge is 0.222 e. The molecule has 0 bridgehead atoms. The number of fused-ring (bicyclic) bond motifs is 5. The number of carbonyl (C=O) groups excluding carboxylic acids is 1. The lowest BCUT2D eigenvalue weighted by Gasteiger charge is -2.57. The average molecular weight is 302 g/mol. The normalized spacial score (nSPS) is 50.5. The van der Waals surface area contributed by atoms with Crippen LogP contribution in [0.1, 0.15) is 64.7 Å². The summed E-state index contributed by atoms with van der Waals surface area (Å²) in [7, 11) is 0. The number of primary amides is 1. The fraction of sp³-hybridized carbons (Fsp3) is 0.842. The first-order valence-electron chi connectivity index (χ1n) is 9.24. The van der Waals surface area contributed by atoms with Crippen LogP contribution < -0.4 is 11.5 Å². The highest BCUT2D eigenvalue weighted by atomic mass is 16.1. The fourth-order valence-corrected chi connectivity index (χ4v) is 6.89. The first-order valence-corrected chi connectivity index (χ1v) is 9.24. The standard InChI is InChI=1S/C19H30N2O/c1-18-10-3-2-4-12(18)5-6-13-14(18)9-11-19(21)15(13)7-8-16(19)17(20)22/h4,13-16H,2-3,5-11,21H2,1H3,(H2,20,22)/t13-,14+,15+,16-,18+,19-/m1/s1. The van der Waals surface area contributed by atoms with Crippen molar-refractivity contribution in [3.05, 3.63) is 11.6 Å². The Morgan fingerprint density at radius 1 is 1.18 bits per heavy atom. The van der Waals surface area contributed by atoms with Gasteiger partial charge in [-0.25, -0.2) is 0 Å². The number of rotatable bonds is 1. The first kappa shape index (κ1) is 14.7. The molecule has 0 aromatic heterocycles. The molecule has 0 aromatic rings. The Balaban J connectivity index is 1.67. The van der Waals surface area contributed by atoms with Crippen molar-refractivity contribution >= 4 is 5.91 Å². The molecule has 0 saturated heterocycles. The molecule has 122 valence electrons. The van der Waals surface area contributed by atoms with Crippen molar-refractivity contribution in [2.45, 2.75) is 70.3 Å². The van der Waals surface area contributed by atoms with Gasteiger partial charge in [0.1, 0.15) is 0 Å². The molecule has 22 heavy (non-hydrogen) atoms. The Labute approximate surface area is 133 Å². The van der Waals surface area contributed by atoms with E-state index in [0.717, 1.165) is 25.2 Å². The van der Waals surface area contributed by atoms with Gasteiger partial charge in [0.25, 0.3) is 0 Å². The molecule has 4 aliphatic rings. The van der Waals surface area contributed by atoms with E-state index in [1.165, 1.54) is 38.5 Å². The zero-order valence-electron chi connectivity index (χ0n) is 13.8. The van der Waals surface area contributed by atoms with Gasteiger partial charge in [-0.3, -0.25) is 4.79 Å². The highest BCUT2D eigenvalue weighted by Gasteiger charge is 2.60. The number of nitrogens with two attached hydrogens (primary N) is 2. The second-order valence-corrected chi connectivity index (χ2v) is 8.64.